The molecule has 0 unspecified atom stereocenters. The Kier molecular flexibility index (Phi) is 5.56. The highest BCUT2D eigenvalue weighted by atomic mass is 35.5. The van der Waals surface area contributed by atoms with Crippen molar-refractivity contribution in [3.05, 3.63) is 23.6 Å². The van der Waals surface area contributed by atoms with E-state index in [0.717, 1.165) is 5.82 Å². The number of nitrogens with zero attached hydrogens (tertiary/aromatic N) is 3. The van der Waals surface area contributed by atoms with E-state index in [-0.39, 0.29) is 5.28 Å². The Balaban J connectivity index is 2.15. The number of aromatic nitrogens is 2. The molecule has 0 atom stereocenters. The van der Waals surface area contributed by atoms with Gasteiger partial charge in [0.15, 0.2) is 0 Å². The molecule has 0 bridgehead atoms. The summed E-state index contributed by atoms with van der Waals surface area (Å²) in [6.07, 6.45) is 4.86. The fraction of sp³-hybridized carbons (Fsp3) is 0.533. The monoisotopic (exact) mass is 308 g/mol. The van der Waals surface area contributed by atoms with Crippen LogP contribution in [0.2, 0.25) is 5.28 Å². The average Bonchev–Trinajstić information content (AvgIpc) is 2.96. The molecule has 1 aromatic rings. The van der Waals surface area contributed by atoms with Crippen LogP contribution in [-0.4, -0.2) is 28.3 Å². The molecule has 0 aromatic carbocycles. The lowest BCUT2D eigenvalue weighted by atomic mass is 10.1. The zero-order chi connectivity index (χ0) is 15.2. The van der Waals surface area contributed by atoms with Crippen molar-refractivity contribution in [1.82, 2.24) is 9.97 Å². The minimum atomic E-state index is 0.207. The van der Waals surface area contributed by atoms with Crippen molar-refractivity contribution < 1.29 is 4.84 Å². The van der Waals surface area contributed by atoms with Gasteiger partial charge in [0.1, 0.15) is 12.4 Å². The highest BCUT2D eigenvalue weighted by Crippen LogP contribution is 2.24. The molecule has 2 rings (SSSR count). The van der Waals surface area contributed by atoms with Crippen LogP contribution in [0.1, 0.15) is 45.2 Å². The molecule has 0 radical (unpaired) electrons. The van der Waals surface area contributed by atoms with Gasteiger partial charge in [0.2, 0.25) is 5.28 Å². The summed E-state index contributed by atoms with van der Waals surface area (Å²) >= 11 is 6.01. The molecule has 1 aromatic heterocycles. The van der Waals surface area contributed by atoms with Gasteiger partial charge in [-0.1, -0.05) is 24.6 Å². The summed E-state index contributed by atoms with van der Waals surface area (Å²) in [5, 5.41) is 7.59. The molecule has 1 aliphatic carbocycles. The summed E-state index contributed by atoms with van der Waals surface area (Å²) in [5.74, 6) is 0.738. The predicted octanol–water partition coefficient (Wildman–Crippen LogP) is 3.91. The van der Waals surface area contributed by atoms with Gasteiger partial charge in [0, 0.05) is 17.7 Å². The molecule has 1 fully saturated rings. The van der Waals surface area contributed by atoms with Crippen LogP contribution in [0, 0.1) is 0 Å². The van der Waals surface area contributed by atoms with Crippen LogP contribution in [0.25, 0.3) is 5.57 Å². The first-order chi connectivity index (χ1) is 10.1. The van der Waals surface area contributed by atoms with Crippen LogP contribution in [0.4, 0.5) is 5.82 Å². The smallest absolute Gasteiger partial charge is 0.224 e. The van der Waals surface area contributed by atoms with E-state index in [4.69, 9.17) is 16.4 Å². The lowest BCUT2D eigenvalue weighted by Crippen LogP contribution is -2.16. The second-order valence-electron chi connectivity index (χ2n) is 5.11. The third-order valence-corrected chi connectivity index (χ3v) is 3.65. The lowest BCUT2D eigenvalue weighted by molar-refractivity contribution is 0.159. The number of allylic oxidation sites excluding steroid dienone is 1. The SMILES string of the molecule is C=C(C(C)=NOCC)c1cc(NC2CCCC2)nc(Cl)n1. The summed E-state index contributed by atoms with van der Waals surface area (Å²) in [4.78, 5) is 13.5. The second-order valence-corrected chi connectivity index (χ2v) is 5.44. The summed E-state index contributed by atoms with van der Waals surface area (Å²) in [6, 6.07) is 2.33. The van der Waals surface area contributed by atoms with Crippen molar-refractivity contribution in [2.45, 2.75) is 45.6 Å². The third kappa shape index (κ3) is 4.43. The summed E-state index contributed by atoms with van der Waals surface area (Å²) in [6.45, 7) is 8.23. The average molecular weight is 309 g/mol. The molecule has 0 spiro atoms. The molecule has 1 saturated carbocycles. The van der Waals surface area contributed by atoms with E-state index in [9.17, 15) is 0 Å². The topological polar surface area (TPSA) is 59.4 Å². The molecule has 5 nitrogen and oxygen atoms in total. The maximum absolute atomic E-state index is 6.01. The number of oxime groups is 1. The van der Waals surface area contributed by atoms with Crippen molar-refractivity contribution in [3.63, 3.8) is 0 Å². The first-order valence-corrected chi connectivity index (χ1v) is 7.65. The van der Waals surface area contributed by atoms with Gasteiger partial charge in [-0.25, -0.2) is 9.97 Å². The van der Waals surface area contributed by atoms with Crippen LogP contribution in [-0.2, 0) is 4.84 Å². The molecule has 21 heavy (non-hydrogen) atoms. The Bertz CT molecular complexity index is 538. The van der Waals surface area contributed by atoms with E-state index >= 15 is 0 Å². The highest BCUT2D eigenvalue weighted by molar-refractivity contribution is 6.28. The van der Waals surface area contributed by atoms with Gasteiger partial charge in [0.05, 0.1) is 11.4 Å². The van der Waals surface area contributed by atoms with Crippen LogP contribution in [0.15, 0.2) is 17.8 Å². The maximum Gasteiger partial charge on any atom is 0.224 e. The number of anilines is 1. The summed E-state index contributed by atoms with van der Waals surface area (Å²) < 4.78 is 0. The van der Waals surface area contributed by atoms with Crippen molar-refractivity contribution >= 4 is 28.7 Å². The second kappa shape index (κ2) is 7.41. The number of hydrogen-bond acceptors (Lipinski definition) is 5. The molecular weight excluding hydrogens is 288 g/mol. The Morgan fingerprint density at radius 1 is 1.48 bits per heavy atom. The number of rotatable bonds is 6. The zero-order valence-corrected chi connectivity index (χ0v) is 13.3. The summed E-state index contributed by atoms with van der Waals surface area (Å²) in [7, 11) is 0. The molecule has 1 aliphatic rings. The molecule has 1 N–H and O–H groups in total. The van der Waals surface area contributed by atoms with E-state index in [1.54, 1.807) is 0 Å². The van der Waals surface area contributed by atoms with Crippen molar-refractivity contribution in [2.75, 3.05) is 11.9 Å². The van der Waals surface area contributed by atoms with Crippen LogP contribution < -0.4 is 5.32 Å². The largest absolute Gasteiger partial charge is 0.396 e. The quantitative estimate of drug-likeness (QED) is 0.492. The first-order valence-electron chi connectivity index (χ1n) is 7.27. The number of halogens is 1. The van der Waals surface area contributed by atoms with Crippen molar-refractivity contribution in [3.8, 4) is 0 Å². The summed E-state index contributed by atoms with van der Waals surface area (Å²) in [5.41, 5.74) is 2.03. The lowest BCUT2D eigenvalue weighted by Gasteiger charge is -2.14. The minimum Gasteiger partial charge on any atom is -0.396 e. The molecule has 0 aliphatic heterocycles. The van der Waals surface area contributed by atoms with Gasteiger partial charge in [-0.2, -0.15) is 0 Å². The van der Waals surface area contributed by atoms with Crippen LogP contribution in [0.3, 0.4) is 0 Å². The fourth-order valence-electron chi connectivity index (χ4n) is 2.33. The van der Waals surface area contributed by atoms with E-state index in [1.807, 2.05) is 19.9 Å². The van der Waals surface area contributed by atoms with E-state index in [2.05, 4.69) is 27.0 Å². The molecule has 0 amide bonds. The Hall–Kier alpha value is -1.62. The molecular formula is C15H21ClN4O. The van der Waals surface area contributed by atoms with Gasteiger partial charge >= 0.3 is 0 Å². The molecule has 114 valence electrons. The fourth-order valence-corrected chi connectivity index (χ4v) is 2.51. The van der Waals surface area contributed by atoms with E-state index < -0.39 is 0 Å². The van der Waals surface area contributed by atoms with Crippen molar-refractivity contribution in [1.29, 1.82) is 0 Å². The zero-order valence-electron chi connectivity index (χ0n) is 12.5. The van der Waals surface area contributed by atoms with Crippen LogP contribution >= 0.6 is 11.6 Å². The Morgan fingerprint density at radius 3 is 2.86 bits per heavy atom. The molecule has 6 heteroatoms. The van der Waals surface area contributed by atoms with E-state index in [1.165, 1.54) is 25.7 Å². The van der Waals surface area contributed by atoms with E-state index in [0.29, 0.717) is 29.6 Å². The molecule has 0 saturated heterocycles. The predicted molar refractivity (Wildman–Crippen MR) is 86.7 cm³/mol. The third-order valence-electron chi connectivity index (χ3n) is 3.48. The standard InChI is InChI=1S/C15H21ClN4O/c1-4-21-20-11(3)10(2)13-9-14(19-15(16)18-13)17-12-7-5-6-8-12/h9,12H,2,4-8H2,1,3H3,(H,17,18,19). The van der Waals surface area contributed by atoms with Gasteiger partial charge in [0.25, 0.3) is 0 Å². The van der Waals surface area contributed by atoms with Crippen LogP contribution in [0.5, 0.6) is 0 Å². The first kappa shape index (κ1) is 15.8. The van der Waals surface area contributed by atoms with Gasteiger partial charge in [-0.15, -0.1) is 0 Å². The Morgan fingerprint density at radius 2 is 2.19 bits per heavy atom. The normalized spacial score (nSPS) is 16.0. The number of hydrogen-bond donors (Lipinski definition) is 1. The van der Waals surface area contributed by atoms with Gasteiger partial charge < -0.3 is 10.2 Å². The maximum atomic E-state index is 6.01. The number of nitrogens with one attached hydrogen (secondary N) is 1. The van der Waals surface area contributed by atoms with Crippen molar-refractivity contribution in [2.24, 2.45) is 5.16 Å². The Labute approximate surface area is 130 Å². The minimum absolute atomic E-state index is 0.207. The van der Waals surface area contributed by atoms with Gasteiger partial charge in [-0.05, 0) is 38.3 Å². The highest BCUT2D eigenvalue weighted by Gasteiger charge is 2.16. The molecule has 1 heterocycles. The van der Waals surface area contributed by atoms with Gasteiger partial charge in [-0.3, -0.25) is 0 Å².